The van der Waals surface area contributed by atoms with Crippen molar-refractivity contribution >= 4 is 10.8 Å². The van der Waals surface area contributed by atoms with Crippen LogP contribution in [0.3, 0.4) is 0 Å². The van der Waals surface area contributed by atoms with Gasteiger partial charge >= 0.3 is 0 Å². The van der Waals surface area contributed by atoms with Crippen LogP contribution in [0.15, 0.2) is 48.5 Å². The molecular formula is C23H19F2N. The van der Waals surface area contributed by atoms with E-state index in [2.05, 4.69) is 12.1 Å². The first-order valence-corrected chi connectivity index (χ1v) is 8.99. The van der Waals surface area contributed by atoms with Gasteiger partial charge in [0.05, 0.1) is 5.56 Å². The van der Waals surface area contributed by atoms with Crippen LogP contribution in [0.5, 0.6) is 0 Å². The molecule has 0 saturated heterocycles. The maximum atomic E-state index is 14.4. The van der Waals surface area contributed by atoms with Crippen molar-refractivity contribution in [3.05, 3.63) is 71.0 Å². The van der Waals surface area contributed by atoms with E-state index < -0.39 is 12.0 Å². The third-order valence-corrected chi connectivity index (χ3v) is 5.57. The number of nitriles is 1. The number of hydrogen-bond donors (Lipinski definition) is 0. The third kappa shape index (κ3) is 2.76. The van der Waals surface area contributed by atoms with Crippen molar-refractivity contribution in [3.63, 3.8) is 0 Å². The maximum Gasteiger partial charge on any atom is 0.141 e. The summed E-state index contributed by atoms with van der Waals surface area (Å²) in [4.78, 5) is 0. The molecule has 1 aliphatic rings. The minimum Gasteiger partial charge on any atom is -0.247 e. The highest BCUT2D eigenvalue weighted by molar-refractivity contribution is 5.91. The van der Waals surface area contributed by atoms with Gasteiger partial charge in [-0.25, -0.2) is 8.78 Å². The standard InChI is InChI=1S/C23H19F2N/c1-2-14-9-18-5-4-17-10-15(7-8-20(17)21(18)12-23(14)25)16-3-6-19(13-26)22(24)11-16/h3-8,10-11,14,23H,2,9,12H2,1H3. The molecule has 0 N–H and O–H groups in total. The molecule has 130 valence electrons. The summed E-state index contributed by atoms with van der Waals surface area (Å²) in [5.41, 5.74) is 4.02. The van der Waals surface area contributed by atoms with E-state index in [1.807, 2.05) is 31.2 Å². The second kappa shape index (κ2) is 6.53. The fourth-order valence-electron chi connectivity index (χ4n) is 4.01. The molecule has 3 aromatic rings. The summed E-state index contributed by atoms with van der Waals surface area (Å²) < 4.78 is 28.4. The van der Waals surface area contributed by atoms with E-state index in [-0.39, 0.29) is 11.5 Å². The molecule has 0 amide bonds. The number of rotatable bonds is 2. The lowest BCUT2D eigenvalue weighted by molar-refractivity contribution is 0.208. The van der Waals surface area contributed by atoms with E-state index >= 15 is 0 Å². The normalized spacial score (nSPS) is 19.2. The van der Waals surface area contributed by atoms with Crippen molar-refractivity contribution in [2.45, 2.75) is 32.4 Å². The van der Waals surface area contributed by atoms with Crippen molar-refractivity contribution in [1.82, 2.24) is 0 Å². The molecule has 26 heavy (non-hydrogen) atoms. The monoisotopic (exact) mass is 347 g/mol. The second-order valence-electron chi connectivity index (χ2n) is 7.04. The zero-order valence-corrected chi connectivity index (χ0v) is 14.6. The van der Waals surface area contributed by atoms with Gasteiger partial charge in [-0.2, -0.15) is 5.26 Å². The molecule has 4 rings (SSSR count). The Morgan fingerprint density at radius 1 is 1.04 bits per heavy atom. The number of benzene rings is 3. The summed E-state index contributed by atoms with van der Waals surface area (Å²) in [5, 5.41) is 11.0. The summed E-state index contributed by atoms with van der Waals surface area (Å²) in [6.07, 6.45) is 1.34. The van der Waals surface area contributed by atoms with Gasteiger partial charge in [-0.05, 0) is 63.6 Å². The molecule has 3 heteroatoms. The van der Waals surface area contributed by atoms with Gasteiger partial charge in [0.1, 0.15) is 18.1 Å². The lowest BCUT2D eigenvalue weighted by atomic mass is 9.79. The summed E-state index contributed by atoms with van der Waals surface area (Å²) in [5.74, 6) is -0.401. The molecule has 1 nitrogen and oxygen atoms in total. The topological polar surface area (TPSA) is 23.8 Å². The highest BCUT2D eigenvalue weighted by Crippen LogP contribution is 2.36. The van der Waals surface area contributed by atoms with Crippen LogP contribution >= 0.6 is 0 Å². The van der Waals surface area contributed by atoms with Gasteiger partial charge in [0.25, 0.3) is 0 Å². The van der Waals surface area contributed by atoms with Gasteiger partial charge in [0.15, 0.2) is 0 Å². The van der Waals surface area contributed by atoms with Crippen LogP contribution in [0.1, 0.15) is 30.0 Å². The van der Waals surface area contributed by atoms with Crippen molar-refractivity contribution in [3.8, 4) is 17.2 Å². The Hall–Kier alpha value is -2.73. The minimum absolute atomic E-state index is 0.0445. The fraction of sp³-hybridized carbons (Fsp3) is 0.261. The molecule has 0 saturated carbocycles. The fourth-order valence-corrected chi connectivity index (χ4v) is 4.01. The maximum absolute atomic E-state index is 14.4. The summed E-state index contributed by atoms with van der Waals surface area (Å²) >= 11 is 0. The average molecular weight is 347 g/mol. The van der Waals surface area contributed by atoms with E-state index in [9.17, 15) is 8.78 Å². The molecule has 2 unspecified atom stereocenters. The van der Waals surface area contributed by atoms with Gasteiger partial charge in [-0.15, -0.1) is 0 Å². The number of nitrogens with zero attached hydrogens (tertiary/aromatic N) is 1. The van der Waals surface area contributed by atoms with E-state index in [0.29, 0.717) is 6.42 Å². The Balaban J connectivity index is 1.78. The zero-order valence-electron chi connectivity index (χ0n) is 14.6. The summed E-state index contributed by atoms with van der Waals surface area (Å²) in [6, 6.07) is 16.6. The van der Waals surface area contributed by atoms with Crippen LogP contribution in [0.2, 0.25) is 0 Å². The van der Waals surface area contributed by atoms with Crippen LogP contribution in [-0.4, -0.2) is 6.17 Å². The Bertz CT molecular complexity index is 1030. The Morgan fingerprint density at radius 2 is 1.81 bits per heavy atom. The molecule has 0 aliphatic heterocycles. The number of fused-ring (bicyclic) bond motifs is 3. The number of hydrogen-bond acceptors (Lipinski definition) is 1. The van der Waals surface area contributed by atoms with E-state index in [1.54, 1.807) is 6.07 Å². The molecule has 0 fully saturated rings. The number of halogens is 2. The predicted octanol–water partition coefficient (Wildman–Crippen LogP) is 5.98. The van der Waals surface area contributed by atoms with Gasteiger partial charge in [0.2, 0.25) is 0 Å². The molecule has 0 radical (unpaired) electrons. The van der Waals surface area contributed by atoms with Crippen LogP contribution < -0.4 is 0 Å². The first-order chi connectivity index (χ1) is 12.6. The van der Waals surface area contributed by atoms with Crippen molar-refractivity contribution in [2.75, 3.05) is 0 Å². The van der Waals surface area contributed by atoms with Crippen LogP contribution in [-0.2, 0) is 12.8 Å². The lowest BCUT2D eigenvalue weighted by Crippen LogP contribution is -2.26. The molecule has 0 heterocycles. The average Bonchev–Trinajstić information content (AvgIpc) is 2.67. The predicted molar refractivity (Wildman–Crippen MR) is 100 cm³/mol. The Kier molecular flexibility index (Phi) is 4.20. The van der Waals surface area contributed by atoms with Gasteiger partial charge in [-0.3, -0.25) is 0 Å². The van der Waals surface area contributed by atoms with Gasteiger partial charge in [-0.1, -0.05) is 43.7 Å². The van der Waals surface area contributed by atoms with Crippen LogP contribution in [0.25, 0.3) is 21.9 Å². The first-order valence-electron chi connectivity index (χ1n) is 8.99. The molecule has 0 bridgehead atoms. The zero-order chi connectivity index (χ0) is 18.3. The van der Waals surface area contributed by atoms with E-state index in [4.69, 9.17) is 5.26 Å². The van der Waals surface area contributed by atoms with E-state index in [1.165, 1.54) is 17.7 Å². The van der Waals surface area contributed by atoms with Gasteiger partial charge < -0.3 is 0 Å². The highest BCUT2D eigenvalue weighted by atomic mass is 19.1. The SMILES string of the molecule is CCC1Cc2ccc3cc(-c4ccc(C#N)c(F)c4)ccc3c2CC1F. The molecule has 0 spiro atoms. The second-order valence-corrected chi connectivity index (χ2v) is 7.04. The summed E-state index contributed by atoms with van der Waals surface area (Å²) in [6.45, 7) is 2.05. The first kappa shape index (κ1) is 16.7. The smallest absolute Gasteiger partial charge is 0.141 e. The third-order valence-electron chi connectivity index (χ3n) is 5.57. The molecule has 2 atom stereocenters. The van der Waals surface area contributed by atoms with Gasteiger partial charge in [0, 0.05) is 6.42 Å². The van der Waals surface area contributed by atoms with Crippen molar-refractivity contribution in [1.29, 1.82) is 5.26 Å². The van der Waals surface area contributed by atoms with Crippen molar-refractivity contribution < 1.29 is 8.78 Å². The quantitative estimate of drug-likeness (QED) is 0.559. The molecular weight excluding hydrogens is 328 g/mol. The molecule has 1 aliphatic carbocycles. The largest absolute Gasteiger partial charge is 0.247 e. The summed E-state index contributed by atoms with van der Waals surface area (Å²) in [7, 11) is 0. The Morgan fingerprint density at radius 3 is 2.54 bits per heavy atom. The van der Waals surface area contributed by atoms with E-state index in [0.717, 1.165) is 40.3 Å². The highest BCUT2D eigenvalue weighted by Gasteiger charge is 2.28. The molecule has 3 aromatic carbocycles. The Labute approximate surface area is 151 Å². The van der Waals surface area contributed by atoms with Crippen LogP contribution in [0.4, 0.5) is 8.78 Å². The lowest BCUT2D eigenvalue weighted by Gasteiger charge is -2.28. The van der Waals surface area contributed by atoms with Crippen molar-refractivity contribution in [2.24, 2.45) is 5.92 Å². The minimum atomic E-state index is -0.787. The molecule has 0 aromatic heterocycles. The number of alkyl halides is 1. The van der Waals surface area contributed by atoms with Crippen LogP contribution in [0, 0.1) is 23.1 Å².